The Morgan fingerprint density at radius 3 is 2.74 bits per heavy atom. The van der Waals surface area contributed by atoms with Gasteiger partial charge in [-0.05, 0) is 23.8 Å². The van der Waals surface area contributed by atoms with Crippen molar-refractivity contribution in [1.82, 2.24) is 19.7 Å². The van der Waals surface area contributed by atoms with Gasteiger partial charge < -0.3 is 0 Å². The van der Waals surface area contributed by atoms with Crippen molar-refractivity contribution in [3.63, 3.8) is 0 Å². The van der Waals surface area contributed by atoms with Gasteiger partial charge in [0.05, 0.1) is 23.4 Å². The zero-order valence-corrected chi connectivity index (χ0v) is 13.1. The van der Waals surface area contributed by atoms with E-state index in [-0.39, 0.29) is 0 Å². The largest absolute Gasteiger partial charge is 0.266 e. The summed E-state index contributed by atoms with van der Waals surface area (Å²) in [5.41, 5.74) is 7.20. The van der Waals surface area contributed by atoms with Gasteiger partial charge in [-0.3, -0.25) is 9.67 Å². The van der Waals surface area contributed by atoms with Crippen LogP contribution in [0.2, 0.25) is 0 Å². The number of hydrogen-bond acceptors (Lipinski definition) is 4. The summed E-state index contributed by atoms with van der Waals surface area (Å²) in [6.07, 6.45) is 5.65. The van der Waals surface area contributed by atoms with E-state index in [0.717, 1.165) is 28.1 Å². The van der Waals surface area contributed by atoms with Crippen molar-refractivity contribution < 1.29 is 0 Å². The van der Waals surface area contributed by atoms with Crippen LogP contribution < -0.4 is 0 Å². The van der Waals surface area contributed by atoms with Crippen molar-refractivity contribution in [1.29, 1.82) is 0 Å². The molecule has 0 aliphatic heterocycles. The lowest BCUT2D eigenvalue weighted by Crippen LogP contribution is -2.00. The summed E-state index contributed by atoms with van der Waals surface area (Å²) in [6.45, 7) is 0.700. The van der Waals surface area contributed by atoms with E-state index in [1.54, 1.807) is 17.5 Å². The Morgan fingerprint density at radius 2 is 1.91 bits per heavy atom. The minimum absolute atomic E-state index is 0.700. The van der Waals surface area contributed by atoms with Crippen LogP contribution in [0.4, 0.5) is 0 Å². The van der Waals surface area contributed by atoms with Crippen LogP contribution in [0.5, 0.6) is 0 Å². The molecule has 23 heavy (non-hydrogen) atoms. The second-order valence-corrected chi connectivity index (χ2v) is 5.92. The number of hydrogen-bond donors (Lipinski definition) is 0. The van der Waals surface area contributed by atoms with E-state index in [1.165, 1.54) is 0 Å². The monoisotopic (exact) mass is 318 g/mol. The lowest BCUT2D eigenvalue weighted by Gasteiger charge is -2.03. The van der Waals surface area contributed by atoms with E-state index < -0.39 is 0 Å². The summed E-state index contributed by atoms with van der Waals surface area (Å²) in [4.78, 5) is 8.48. The molecule has 5 heteroatoms. The second-order valence-electron chi connectivity index (χ2n) is 5.20. The van der Waals surface area contributed by atoms with Gasteiger partial charge in [-0.1, -0.05) is 24.3 Å². The molecule has 0 atom stereocenters. The Labute approximate surface area is 138 Å². The third-order valence-corrected chi connectivity index (χ3v) is 4.24. The molecule has 0 aliphatic rings. The van der Waals surface area contributed by atoms with Crippen molar-refractivity contribution in [3.8, 4) is 22.4 Å². The van der Waals surface area contributed by atoms with Gasteiger partial charge in [-0.2, -0.15) is 5.10 Å². The fourth-order valence-corrected chi connectivity index (χ4v) is 3.03. The highest BCUT2D eigenvalue weighted by Gasteiger charge is 2.06. The molecular formula is C18H14N4S. The number of benzene rings is 1. The molecule has 0 fully saturated rings. The number of aromatic nitrogens is 4. The number of nitrogens with zero attached hydrogens (tertiary/aromatic N) is 4. The number of pyridine rings is 1. The van der Waals surface area contributed by atoms with Gasteiger partial charge in [-0.15, -0.1) is 11.3 Å². The Bertz CT molecular complexity index is 898. The van der Waals surface area contributed by atoms with Crippen molar-refractivity contribution in [3.05, 3.63) is 77.6 Å². The molecule has 0 bridgehead atoms. The maximum absolute atomic E-state index is 4.66. The van der Waals surface area contributed by atoms with Crippen LogP contribution in [0.1, 0.15) is 5.69 Å². The summed E-state index contributed by atoms with van der Waals surface area (Å²) < 4.78 is 1.92. The van der Waals surface area contributed by atoms with Crippen molar-refractivity contribution in [2.75, 3.05) is 0 Å². The topological polar surface area (TPSA) is 43.6 Å². The van der Waals surface area contributed by atoms with E-state index in [1.807, 2.05) is 40.1 Å². The lowest BCUT2D eigenvalue weighted by molar-refractivity contribution is 0.678. The van der Waals surface area contributed by atoms with Crippen LogP contribution >= 0.6 is 11.3 Å². The van der Waals surface area contributed by atoms with Crippen molar-refractivity contribution in [2.45, 2.75) is 6.54 Å². The first-order valence-electron chi connectivity index (χ1n) is 7.30. The minimum Gasteiger partial charge on any atom is -0.266 e. The Balaban J connectivity index is 1.62. The Hall–Kier alpha value is -2.79. The smallest absolute Gasteiger partial charge is 0.0923 e. The quantitative estimate of drug-likeness (QED) is 0.568. The van der Waals surface area contributed by atoms with Crippen LogP contribution in [0.25, 0.3) is 22.4 Å². The van der Waals surface area contributed by atoms with Gasteiger partial charge in [-0.25, -0.2) is 4.98 Å². The summed E-state index contributed by atoms with van der Waals surface area (Å²) in [6, 6.07) is 14.4. The average Bonchev–Trinajstić information content (AvgIpc) is 3.28. The molecule has 0 saturated heterocycles. The van der Waals surface area contributed by atoms with Gasteiger partial charge in [0.15, 0.2) is 0 Å². The molecule has 3 aromatic heterocycles. The molecule has 0 N–H and O–H groups in total. The molecular weight excluding hydrogens is 304 g/mol. The predicted octanol–water partition coefficient (Wildman–Crippen LogP) is 4.12. The van der Waals surface area contributed by atoms with Crippen molar-refractivity contribution >= 4 is 11.3 Å². The predicted molar refractivity (Wildman–Crippen MR) is 92.1 cm³/mol. The molecule has 0 aliphatic carbocycles. The first-order chi connectivity index (χ1) is 11.4. The SMILES string of the molecule is c1cncc(-c2cccc(-c3ccn(Cc4cscn4)n3)c2)c1. The summed E-state index contributed by atoms with van der Waals surface area (Å²) in [5.74, 6) is 0. The van der Waals surface area contributed by atoms with E-state index in [0.29, 0.717) is 6.54 Å². The van der Waals surface area contributed by atoms with E-state index in [2.05, 4.69) is 45.4 Å². The lowest BCUT2D eigenvalue weighted by atomic mass is 10.0. The average molecular weight is 318 g/mol. The fraction of sp³-hybridized carbons (Fsp3) is 0.0556. The molecule has 1 aromatic carbocycles. The molecule has 0 radical (unpaired) electrons. The van der Waals surface area contributed by atoms with Crippen LogP contribution in [-0.4, -0.2) is 19.7 Å². The Kier molecular flexibility index (Phi) is 3.70. The molecule has 3 heterocycles. The third-order valence-electron chi connectivity index (χ3n) is 3.60. The van der Waals surface area contributed by atoms with Gasteiger partial charge in [0.25, 0.3) is 0 Å². The summed E-state index contributed by atoms with van der Waals surface area (Å²) in [7, 11) is 0. The summed E-state index contributed by atoms with van der Waals surface area (Å²) in [5, 5.41) is 6.70. The molecule has 4 nitrogen and oxygen atoms in total. The molecule has 0 amide bonds. The third kappa shape index (κ3) is 3.05. The van der Waals surface area contributed by atoms with Crippen molar-refractivity contribution in [2.24, 2.45) is 0 Å². The highest BCUT2D eigenvalue weighted by molar-refractivity contribution is 7.07. The molecule has 4 aromatic rings. The molecule has 112 valence electrons. The minimum atomic E-state index is 0.700. The van der Waals surface area contributed by atoms with Gasteiger partial charge in [0.2, 0.25) is 0 Å². The van der Waals surface area contributed by atoms with Gasteiger partial charge in [0, 0.05) is 35.1 Å². The first-order valence-corrected chi connectivity index (χ1v) is 8.24. The van der Waals surface area contributed by atoms with E-state index >= 15 is 0 Å². The van der Waals surface area contributed by atoms with Gasteiger partial charge in [0.1, 0.15) is 0 Å². The van der Waals surface area contributed by atoms with E-state index in [4.69, 9.17) is 0 Å². The second kappa shape index (κ2) is 6.14. The van der Waals surface area contributed by atoms with Crippen LogP contribution in [0, 0.1) is 0 Å². The standard InChI is InChI=1S/C18H14N4S/c1-3-14(16-5-2-7-19-10-16)9-15(4-1)18-6-8-22(21-18)11-17-12-23-13-20-17/h1-10,12-13H,11H2. The highest BCUT2D eigenvalue weighted by Crippen LogP contribution is 2.24. The normalized spacial score (nSPS) is 10.8. The molecule has 0 spiro atoms. The molecule has 4 rings (SSSR count). The highest BCUT2D eigenvalue weighted by atomic mass is 32.1. The van der Waals surface area contributed by atoms with Gasteiger partial charge >= 0.3 is 0 Å². The van der Waals surface area contributed by atoms with Crippen LogP contribution in [0.15, 0.2) is 71.9 Å². The first kappa shape index (κ1) is 13.8. The Morgan fingerprint density at radius 1 is 1.00 bits per heavy atom. The zero-order valence-electron chi connectivity index (χ0n) is 12.3. The molecule has 0 unspecified atom stereocenters. The molecule has 0 saturated carbocycles. The fourth-order valence-electron chi connectivity index (χ4n) is 2.48. The summed E-state index contributed by atoms with van der Waals surface area (Å²) >= 11 is 1.60. The number of thiazole rings is 1. The number of rotatable bonds is 4. The maximum Gasteiger partial charge on any atom is 0.0923 e. The van der Waals surface area contributed by atoms with E-state index in [9.17, 15) is 0 Å². The maximum atomic E-state index is 4.66. The van der Waals surface area contributed by atoms with Crippen LogP contribution in [0.3, 0.4) is 0 Å². The zero-order chi connectivity index (χ0) is 15.5. The van der Waals surface area contributed by atoms with Crippen LogP contribution in [-0.2, 0) is 6.54 Å².